The Morgan fingerprint density at radius 1 is 1.00 bits per heavy atom. The van der Waals surface area contributed by atoms with Gasteiger partial charge in [-0.1, -0.05) is 12.1 Å². The Balaban J connectivity index is 1.19. The van der Waals surface area contributed by atoms with Gasteiger partial charge in [0.05, 0.1) is 19.2 Å². The Morgan fingerprint density at radius 3 is 2.45 bits per heavy atom. The van der Waals surface area contributed by atoms with Gasteiger partial charge in [-0.2, -0.15) is 0 Å². The van der Waals surface area contributed by atoms with Crippen molar-refractivity contribution < 1.29 is 23.9 Å². The van der Waals surface area contributed by atoms with E-state index in [0.29, 0.717) is 43.1 Å². The van der Waals surface area contributed by atoms with E-state index in [0.717, 1.165) is 29.2 Å². The van der Waals surface area contributed by atoms with Gasteiger partial charge in [0.25, 0.3) is 5.91 Å². The molecule has 2 amide bonds. The predicted octanol–water partition coefficient (Wildman–Crippen LogP) is 4.50. The van der Waals surface area contributed by atoms with Crippen molar-refractivity contribution in [2.75, 3.05) is 33.9 Å². The fourth-order valence-corrected chi connectivity index (χ4v) is 5.47. The van der Waals surface area contributed by atoms with E-state index in [2.05, 4.69) is 10.3 Å². The van der Waals surface area contributed by atoms with Crippen molar-refractivity contribution in [3.05, 3.63) is 75.7 Å². The van der Waals surface area contributed by atoms with Crippen LogP contribution >= 0.6 is 11.3 Å². The van der Waals surface area contributed by atoms with Gasteiger partial charge in [-0.05, 0) is 61.2 Å². The highest BCUT2D eigenvalue weighted by molar-refractivity contribution is 7.09. The molecular weight excluding hydrogens is 502 g/mol. The molecule has 38 heavy (non-hydrogen) atoms. The summed E-state index contributed by atoms with van der Waals surface area (Å²) in [6.45, 7) is 1.77. The first-order chi connectivity index (χ1) is 18.5. The lowest BCUT2D eigenvalue weighted by Crippen LogP contribution is -2.38. The van der Waals surface area contributed by atoms with Crippen LogP contribution in [0.3, 0.4) is 0 Å². The molecule has 1 saturated heterocycles. The van der Waals surface area contributed by atoms with Crippen molar-refractivity contribution in [2.45, 2.75) is 38.0 Å². The van der Waals surface area contributed by atoms with Crippen LogP contribution in [0, 0.1) is 0 Å². The highest BCUT2D eigenvalue weighted by Gasteiger charge is 2.26. The summed E-state index contributed by atoms with van der Waals surface area (Å²) in [7, 11) is 3.21. The topological polar surface area (TPSA) is 97.8 Å². The van der Waals surface area contributed by atoms with Gasteiger partial charge in [0, 0.05) is 49.3 Å². The van der Waals surface area contributed by atoms with Gasteiger partial charge in [0.1, 0.15) is 17.2 Å². The Labute approximate surface area is 227 Å². The first-order valence-corrected chi connectivity index (χ1v) is 13.7. The lowest BCUT2D eigenvalue weighted by Gasteiger charge is -2.31. The number of ketones is 1. The van der Waals surface area contributed by atoms with Crippen molar-refractivity contribution in [1.29, 1.82) is 0 Å². The van der Waals surface area contributed by atoms with Crippen molar-refractivity contribution in [1.82, 2.24) is 15.2 Å². The van der Waals surface area contributed by atoms with Crippen LogP contribution in [0.5, 0.6) is 11.5 Å². The van der Waals surface area contributed by atoms with Crippen LogP contribution in [-0.2, 0) is 11.2 Å². The van der Waals surface area contributed by atoms with Gasteiger partial charge >= 0.3 is 0 Å². The molecule has 0 unspecified atom stereocenters. The minimum absolute atomic E-state index is 0.000512. The number of carbonyl (C=O) groups excluding carboxylic acids is 3. The number of ether oxygens (including phenoxy) is 2. The molecule has 1 N–H and O–H groups in total. The molecule has 0 radical (unpaired) electrons. The zero-order valence-electron chi connectivity index (χ0n) is 21.8. The normalized spacial score (nSPS) is 13.7. The maximum Gasteiger partial charge on any atom is 0.270 e. The molecule has 2 heterocycles. The lowest BCUT2D eigenvalue weighted by molar-refractivity contribution is -0.132. The van der Waals surface area contributed by atoms with Crippen LogP contribution in [0.1, 0.15) is 63.0 Å². The van der Waals surface area contributed by atoms with E-state index in [1.54, 1.807) is 43.9 Å². The van der Waals surface area contributed by atoms with Crippen molar-refractivity contribution in [2.24, 2.45) is 0 Å². The SMILES string of the molecule is COc1ccc(C(=O)CCC(=O)N2CCC(c3nc(C(=O)NCCc4cccc(OC)c4)cs3)CC2)cc1. The van der Waals surface area contributed by atoms with Gasteiger partial charge in [-0.25, -0.2) is 4.98 Å². The highest BCUT2D eigenvalue weighted by Crippen LogP contribution is 2.30. The number of amides is 2. The molecule has 200 valence electrons. The van der Waals surface area contributed by atoms with Crippen LogP contribution in [0.25, 0.3) is 0 Å². The maximum atomic E-state index is 12.7. The number of carbonyl (C=O) groups is 3. The fourth-order valence-electron chi connectivity index (χ4n) is 4.49. The second kappa shape index (κ2) is 13.2. The van der Waals surface area contributed by atoms with E-state index in [-0.39, 0.29) is 36.4 Å². The van der Waals surface area contributed by atoms with E-state index < -0.39 is 0 Å². The maximum absolute atomic E-state index is 12.7. The molecule has 1 fully saturated rings. The third-order valence-corrected chi connectivity index (χ3v) is 7.77. The minimum Gasteiger partial charge on any atom is -0.497 e. The Bertz CT molecular complexity index is 1250. The van der Waals surface area contributed by atoms with Crippen LogP contribution in [0.2, 0.25) is 0 Å². The molecule has 0 spiro atoms. The summed E-state index contributed by atoms with van der Waals surface area (Å²) in [6, 6.07) is 14.7. The smallest absolute Gasteiger partial charge is 0.270 e. The molecule has 0 bridgehead atoms. The zero-order valence-corrected chi connectivity index (χ0v) is 22.6. The van der Waals surface area contributed by atoms with Crippen LogP contribution in [0.4, 0.5) is 0 Å². The van der Waals surface area contributed by atoms with Gasteiger partial charge in [0.2, 0.25) is 5.91 Å². The minimum atomic E-state index is -0.176. The zero-order chi connectivity index (χ0) is 26.9. The standard InChI is InChI=1S/C29H33N3O5S/c1-36-23-8-6-21(7-9-23)26(33)10-11-27(34)32-16-13-22(14-17-32)29-31-25(19-38-29)28(35)30-15-12-20-4-3-5-24(18-20)37-2/h3-9,18-19,22H,10-17H2,1-2H3,(H,30,35). The lowest BCUT2D eigenvalue weighted by atomic mass is 9.97. The summed E-state index contributed by atoms with van der Waals surface area (Å²) in [5.74, 6) is 1.49. The summed E-state index contributed by atoms with van der Waals surface area (Å²) >= 11 is 1.50. The van der Waals surface area contributed by atoms with Crippen LogP contribution in [-0.4, -0.2) is 61.3 Å². The molecule has 0 aliphatic carbocycles. The molecule has 9 heteroatoms. The number of methoxy groups -OCH3 is 2. The van der Waals surface area contributed by atoms with Gasteiger partial charge in [0.15, 0.2) is 5.78 Å². The Morgan fingerprint density at radius 2 is 1.74 bits per heavy atom. The average molecular weight is 536 g/mol. The second-order valence-corrected chi connectivity index (χ2v) is 10.1. The number of aromatic nitrogens is 1. The number of hydrogen-bond donors (Lipinski definition) is 1. The molecule has 0 saturated carbocycles. The molecule has 4 rings (SSSR count). The molecular formula is C29H33N3O5S. The second-order valence-electron chi connectivity index (χ2n) is 9.24. The number of thiazole rings is 1. The fraction of sp³-hybridized carbons (Fsp3) is 0.379. The Hall–Kier alpha value is -3.72. The summed E-state index contributed by atoms with van der Waals surface area (Å²) < 4.78 is 10.4. The molecule has 3 aromatic rings. The summed E-state index contributed by atoms with van der Waals surface area (Å²) in [5.41, 5.74) is 2.11. The number of nitrogens with one attached hydrogen (secondary N) is 1. The van der Waals surface area contributed by atoms with Crippen LogP contribution < -0.4 is 14.8 Å². The first kappa shape index (κ1) is 27.3. The number of benzene rings is 2. The van der Waals surface area contributed by atoms with E-state index in [4.69, 9.17) is 9.47 Å². The van der Waals surface area contributed by atoms with Gasteiger partial charge < -0.3 is 19.7 Å². The van der Waals surface area contributed by atoms with E-state index in [9.17, 15) is 14.4 Å². The number of rotatable bonds is 11. The first-order valence-electron chi connectivity index (χ1n) is 12.8. The summed E-state index contributed by atoms with van der Waals surface area (Å²) in [5, 5.41) is 5.68. The number of nitrogens with zero attached hydrogens (tertiary/aromatic N) is 2. The quantitative estimate of drug-likeness (QED) is 0.363. The number of likely N-dealkylation sites (tertiary alicyclic amines) is 1. The number of Topliss-reactive ketones (excluding diaryl/α,β-unsaturated/α-hetero) is 1. The molecule has 2 aromatic carbocycles. The third-order valence-electron chi connectivity index (χ3n) is 6.76. The summed E-state index contributed by atoms with van der Waals surface area (Å²) in [4.78, 5) is 44.1. The molecule has 1 aliphatic heterocycles. The van der Waals surface area contributed by atoms with E-state index >= 15 is 0 Å². The number of piperidine rings is 1. The predicted molar refractivity (Wildman–Crippen MR) is 146 cm³/mol. The molecule has 8 nitrogen and oxygen atoms in total. The van der Waals surface area contributed by atoms with Gasteiger partial charge in [-0.3, -0.25) is 14.4 Å². The molecule has 0 atom stereocenters. The number of hydrogen-bond acceptors (Lipinski definition) is 7. The monoisotopic (exact) mass is 535 g/mol. The third kappa shape index (κ3) is 7.19. The van der Waals surface area contributed by atoms with E-state index in [1.165, 1.54) is 11.3 Å². The van der Waals surface area contributed by atoms with Crippen molar-refractivity contribution in [3.63, 3.8) is 0 Å². The van der Waals surface area contributed by atoms with Gasteiger partial charge in [-0.15, -0.1) is 11.3 Å². The van der Waals surface area contributed by atoms with Crippen LogP contribution in [0.15, 0.2) is 53.9 Å². The summed E-state index contributed by atoms with van der Waals surface area (Å²) in [6.07, 6.45) is 2.68. The van der Waals surface area contributed by atoms with Crippen molar-refractivity contribution in [3.8, 4) is 11.5 Å². The molecule has 1 aromatic heterocycles. The largest absolute Gasteiger partial charge is 0.497 e. The average Bonchev–Trinajstić information content (AvgIpc) is 3.46. The van der Waals surface area contributed by atoms with Crippen molar-refractivity contribution >= 4 is 28.9 Å². The highest BCUT2D eigenvalue weighted by atomic mass is 32.1. The molecule has 1 aliphatic rings. The Kier molecular flexibility index (Phi) is 9.48. The van der Waals surface area contributed by atoms with E-state index in [1.807, 2.05) is 29.2 Å².